The Morgan fingerprint density at radius 3 is 2.24 bits per heavy atom. The number of nitrogens with one attached hydrogen (secondary N) is 2. The van der Waals surface area contributed by atoms with Gasteiger partial charge in [-0.2, -0.15) is 12.6 Å². The van der Waals surface area contributed by atoms with Crippen molar-refractivity contribution in [3.63, 3.8) is 0 Å². The van der Waals surface area contributed by atoms with E-state index in [-0.39, 0.29) is 11.7 Å². The second kappa shape index (κ2) is 11.9. The van der Waals surface area contributed by atoms with Crippen LogP contribution in [-0.2, 0) is 20.9 Å². The summed E-state index contributed by atoms with van der Waals surface area (Å²) in [4.78, 5) is 40.3. The molecule has 2 rings (SSSR count). The van der Waals surface area contributed by atoms with Gasteiger partial charge in [0.05, 0.1) is 0 Å². The first-order chi connectivity index (χ1) is 15.9. The summed E-state index contributed by atoms with van der Waals surface area (Å²) in [5.74, 6) is -0.717. The topological polar surface area (TPSA) is 87.7 Å². The highest BCUT2D eigenvalue weighted by Crippen LogP contribution is 2.24. The van der Waals surface area contributed by atoms with E-state index in [0.717, 1.165) is 16.7 Å². The predicted octanol–water partition coefficient (Wildman–Crippen LogP) is 3.94. The van der Waals surface area contributed by atoms with E-state index < -0.39 is 29.7 Å². The Bertz CT molecular complexity index is 1000. The first kappa shape index (κ1) is 27.2. The van der Waals surface area contributed by atoms with Crippen molar-refractivity contribution in [3.8, 4) is 0 Å². The van der Waals surface area contributed by atoms with Crippen molar-refractivity contribution in [1.29, 1.82) is 0 Å². The fourth-order valence-corrected chi connectivity index (χ4v) is 3.62. The van der Waals surface area contributed by atoms with Crippen LogP contribution in [0.25, 0.3) is 0 Å². The molecule has 0 aliphatic rings. The molecule has 0 radical (unpaired) electrons. The first-order valence-electron chi connectivity index (χ1n) is 11.2. The highest BCUT2D eigenvalue weighted by molar-refractivity contribution is 7.80. The number of likely N-dealkylation sites (N-methyl/N-ethyl adjacent to an activating group) is 1. The summed E-state index contributed by atoms with van der Waals surface area (Å²) in [6.07, 6.45) is -0.718. The lowest BCUT2D eigenvalue weighted by molar-refractivity contribution is -0.140. The maximum absolute atomic E-state index is 13.3. The summed E-state index contributed by atoms with van der Waals surface area (Å²) >= 11 is 4.24. The summed E-state index contributed by atoms with van der Waals surface area (Å²) in [6.45, 7) is 9.49. The van der Waals surface area contributed by atoms with E-state index in [9.17, 15) is 14.4 Å². The van der Waals surface area contributed by atoms with E-state index in [1.54, 1.807) is 27.8 Å². The van der Waals surface area contributed by atoms with Gasteiger partial charge >= 0.3 is 6.09 Å². The molecule has 184 valence electrons. The van der Waals surface area contributed by atoms with E-state index >= 15 is 0 Å². The number of alkyl carbamates (subject to hydrolysis) is 1. The van der Waals surface area contributed by atoms with Crippen LogP contribution in [0.2, 0.25) is 0 Å². The molecule has 2 atom stereocenters. The van der Waals surface area contributed by atoms with Gasteiger partial charge in [-0.05, 0) is 56.9 Å². The van der Waals surface area contributed by atoms with Crippen molar-refractivity contribution < 1.29 is 19.1 Å². The number of amides is 3. The molecule has 2 aromatic rings. The van der Waals surface area contributed by atoms with Crippen LogP contribution in [0.4, 0.5) is 4.79 Å². The van der Waals surface area contributed by atoms with Crippen molar-refractivity contribution in [2.45, 2.75) is 58.8 Å². The third-order valence-electron chi connectivity index (χ3n) is 5.31. The zero-order valence-electron chi connectivity index (χ0n) is 20.7. The van der Waals surface area contributed by atoms with Gasteiger partial charge in [0, 0.05) is 19.3 Å². The molecular weight excluding hydrogens is 450 g/mol. The zero-order valence-corrected chi connectivity index (χ0v) is 21.6. The van der Waals surface area contributed by atoms with Gasteiger partial charge in [-0.25, -0.2) is 4.79 Å². The lowest BCUT2D eigenvalue weighted by Gasteiger charge is -2.31. The Balaban J connectivity index is 2.28. The van der Waals surface area contributed by atoms with Gasteiger partial charge in [-0.3, -0.25) is 9.59 Å². The number of aryl methyl sites for hydroxylation is 2. The van der Waals surface area contributed by atoms with Crippen LogP contribution in [0, 0.1) is 13.8 Å². The largest absolute Gasteiger partial charge is 0.444 e. The summed E-state index contributed by atoms with van der Waals surface area (Å²) in [5.41, 5.74) is 3.01. The van der Waals surface area contributed by atoms with Crippen LogP contribution >= 0.6 is 12.6 Å². The summed E-state index contributed by atoms with van der Waals surface area (Å²) < 4.78 is 5.27. The quantitative estimate of drug-likeness (QED) is 0.494. The maximum Gasteiger partial charge on any atom is 0.408 e. The molecule has 0 aliphatic heterocycles. The number of rotatable bonds is 8. The molecule has 7 nitrogen and oxygen atoms in total. The second-order valence-corrected chi connectivity index (χ2v) is 9.65. The van der Waals surface area contributed by atoms with E-state index in [2.05, 4.69) is 23.3 Å². The van der Waals surface area contributed by atoms with Crippen molar-refractivity contribution >= 4 is 30.5 Å². The van der Waals surface area contributed by atoms with E-state index in [4.69, 9.17) is 4.74 Å². The molecule has 2 N–H and O–H groups in total. The number of carbonyl (C=O) groups excluding carboxylic acids is 3. The fourth-order valence-electron chi connectivity index (χ4n) is 3.38. The molecule has 0 saturated heterocycles. The minimum absolute atomic E-state index is 0.0493. The lowest BCUT2D eigenvalue weighted by atomic mass is 9.99. The van der Waals surface area contributed by atoms with E-state index in [0.29, 0.717) is 12.1 Å². The molecule has 0 heterocycles. The highest BCUT2D eigenvalue weighted by atomic mass is 32.1. The van der Waals surface area contributed by atoms with Crippen molar-refractivity contribution in [3.05, 3.63) is 70.8 Å². The number of ether oxygens (including phenoxy) is 1. The van der Waals surface area contributed by atoms with Gasteiger partial charge in [0.25, 0.3) is 0 Å². The van der Waals surface area contributed by atoms with Crippen molar-refractivity contribution in [2.75, 3.05) is 12.8 Å². The van der Waals surface area contributed by atoms with E-state index in [1.807, 2.05) is 62.4 Å². The number of benzene rings is 2. The van der Waals surface area contributed by atoms with Crippen LogP contribution < -0.4 is 10.6 Å². The molecule has 0 bridgehead atoms. The zero-order chi connectivity index (χ0) is 25.5. The van der Waals surface area contributed by atoms with Gasteiger partial charge in [-0.1, -0.05) is 48.5 Å². The Morgan fingerprint density at radius 2 is 1.68 bits per heavy atom. The summed E-state index contributed by atoms with van der Waals surface area (Å²) in [6, 6.07) is 13.4. The minimum atomic E-state index is -0.959. The third-order valence-corrected chi connectivity index (χ3v) is 5.68. The second-order valence-electron chi connectivity index (χ2n) is 9.28. The molecule has 34 heavy (non-hydrogen) atoms. The van der Waals surface area contributed by atoms with Crippen LogP contribution in [0.15, 0.2) is 48.5 Å². The number of thiol groups is 1. The van der Waals surface area contributed by atoms with Crippen LogP contribution in [-0.4, -0.2) is 47.3 Å². The monoisotopic (exact) mass is 485 g/mol. The number of carbonyl (C=O) groups is 3. The highest BCUT2D eigenvalue weighted by Gasteiger charge is 2.33. The van der Waals surface area contributed by atoms with Crippen molar-refractivity contribution in [2.24, 2.45) is 0 Å². The van der Waals surface area contributed by atoms with Gasteiger partial charge < -0.3 is 20.3 Å². The molecule has 0 saturated carbocycles. The van der Waals surface area contributed by atoms with Gasteiger partial charge in [0.15, 0.2) is 0 Å². The standard InChI is InChI=1S/C26H35N3O4S/c1-17-12-13-20(14-18(17)2)22(23(30)27-15-19-10-8-7-9-11-19)29(6)24(31)21(16-34)28-25(32)33-26(3,4)5/h7-14,21-22,34H,15-16H2,1-6H3,(H,27,30)(H,28,32). The Morgan fingerprint density at radius 1 is 1.03 bits per heavy atom. The fraction of sp³-hybridized carbons (Fsp3) is 0.423. The normalized spacial score (nSPS) is 12.9. The van der Waals surface area contributed by atoms with Crippen LogP contribution in [0.3, 0.4) is 0 Å². The maximum atomic E-state index is 13.3. The number of nitrogens with zero attached hydrogens (tertiary/aromatic N) is 1. The molecule has 0 spiro atoms. The minimum Gasteiger partial charge on any atom is -0.444 e. The number of hydrogen-bond acceptors (Lipinski definition) is 5. The van der Waals surface area contributed by atoms with E-state index in [1.165, 1.54) is 4.90 Å². The smallest absolute Gasteiger partial charge is 0.408 e. The van der Waals surface area contributed by atoms with Crippen LogP contribution in [0.1, 0.15) is 49.1 Å². The lowest BCUT2D eigenvalue weighted by Crippen LogP contribution is -2.52. The molecule has 0 fully saturated rings. The van der Waals surface area contributed by atoms with Crippen molar-refractivity contribution in [1.82, 2.24) is 15.5 Å². The molecule has 0 aromatic heterocycles. The van der Waals surface area contributed by atoms with Gasteiger partial charge in [-0.15, -0.1) is 0 Å². The average Bonchev–Trinajstić information content (AvgIpc) is 2.77. The van der Waals surface area contributed by atoms with Gasteiger partial charge in [0.2, 0.25) is 11.8 Å². The van der Waals surface area contributed by atoms with Crippen LogP contribution in [0.5, 0.6) is 0 Å². The summed E-state index contributed by atoms with van der Waals surface area (Å²) in [5, 5.41) is 5.50. The van der Waals surface area contributed by atoms with Gasteiger partial charge in [0.1, 0.15) is 17.7 Å². The Kier molecular flexibility index (Phi) is 9.55. The predicted molar refractivity (Wildman–Crippen MR) is 137 cm³/mol. The third kappa shape index (κ3) is 7.80. The molecule has 2 unspecified atom stereocenters. The molecule has 0 aliphatic carbocycles. The Hall–Kier alpha value is -3.00. The molecule has 8 heteroatoms. The SMILES string of the molecule is Cc1ccc(C(C(=O)NCc2ccccc2)N(C)C(=O)C(CS)NC(=O)OC(C)(C)C)cc1C. The molecule has 3 amide bonds. The molecule has 2 aromatic carbocycles. The first-order valence-corrected chi connectivity index (χ1v) is 11.8. The summed E-state index contributed by atoms with van der Waals surface area (Å²) in [7, 11) is 1.55. The molecular formula is C26H35N3O4S. The average molecular weight is 486 g/mol. The number of hydrogen-bond donors (Lipinski definition) is 3. The Labute approximate surface area is 207 Å².